The number of nitrogens with one attached hydrogen (secondary N) is 2. The Balaban J connectivity index is 1.94. The van der Waals surface area contributed by atoms with Crippen LogP contribution < -0.4 is 16.4 Å². The topological polar surface area (TPSA) is 53.3 Å². The second-order valence-electron chi connectivity index (χ2n) is 5.43. The van der Waals surface area contributed by atoms with Gasteiger partial charge in [0, 0.05) is 37.9 Å². The molecule has 2 aliphatic heterocycles. The largest absolute Gasteiger partial charge is 0.416 e. The maximum atomic E-state index is 13.1. The Morgan fingerprint density at radius 2 is 2.05 bits per heavy atom. The zero-order valence-corrected chi connectivity index (χ0v) is 10.5. The van der Waals surface area contributed by atoms with E-state index in [-0.39, 0.29) is 23.5 Å². The van der Waals surface area contributed by atoms with Crippen molar-refractivity contribution >= 4 is 0 Å². The second-order valence-corrected chi connectivity index (χ2v) is 5.43. The Hall–Kier alpha value is -1.37. The maximum absolute atomic E-state index is 13.1. The van der Waals surface area contributed by atoms with Gasteiger partial charge in [-0.3, -0.25) is 0 Å². The molecule has 3 rings (SSSR count). The summed E-state index contributed by atoms with van der Waals surface area (Å²) in [6, 6.07) is 0. The van der Waals surface area contributed by atoms with Crippen LogP contribution in [-0.2, 0) is 0 Å². The van der Waals surface area contributed by atoms with Gasteiger partial charge in [-0.2, -0.15) is 13.2 Å². The van der Waals surface area contributed by atoms with Gasteiger partial charge in [0.25, 0.3) is 0 Å². The SMILES string of the molecule is NC1=CNCC(C(F)(F)F)=C1N1CCNC2(CC2)C1. The van der Waals surface area contributed by atoms with E-state index in [1.54, 1.807) is 4.90 Å². The molecule has 7 heteroatoms. The van der Waals surface area contributed by atoms with Crippen LogP contribution in [0.4, 0.5) is 13.2 Å². The normalized spacial score (nSPS) is 26.3. The van der Waals surface area contributed by atoms with Crippen LogP contribution in [-0.4, -0.2) is 42.8 Å². The van der Waals surface area contributed by atoms with E-state index in [4.69, 9.17) is 5.73 Å². The van der Waals surface area contributed by atoms with Gasteiger partial charge in [-0.15, -0.1) is 0 Å². The van der Waals surface area contributed by atoms with E-state index in [9.17, 15) is 13.2 Å². The highest BCUT2D eigenvalue weighted by Gasteiger charge is 2.48. The first kappa shape index (κ1) is 12.7. The highest BCUT2D eigenvalue weighted by Crippen LogP contribution is 2.40. The number of halogens is 3. The maximum Gasteiger partial charge on any atom is 0.416 e. The molecule has 1 saturated carbocycles. The summed E-state index contributed by atoms with van der Waals surface area (Å²) in [5, 5.41) is 5.97. The van der Waals surface area contributed by atoms with E-state index in [1.807, 2.05) is 0 Å². The molecule has 0 amide bonds. The van der Waals surface area contributed by atoms with E-state index in [0.717, 1.165) is 12.8 Å². The fourth-order valence-electron chi connectivity index (χ4n) is 2.83. The van der Waals surface area contributed by atoms with Crippen LogP contribution in [0.2, 0.25) is 0 Å². The number of dihydropyridines is 1. The summed E-state index contributed by atoms with van der Waals surface area (Å²) in [5.41, 5.74) is 5.58. The van der Waals surface area contributed by atoms with Crippen LogP contribution in [0, 0.1) is 0 Å². The van der Waals surface area contributed by atoms with Gasteiger partial charge in [-0.05, 0) is 12.8 Å². The van der Waals surface area contributed by atoms with Crippen molar-refractivity contribution in [3.63, 3.8) is 0 Å². The molecule has 0 aromatic rings. The summed E-state index contributed by atoms with van der Waals surface area (Å²) in [6.07, 6.45) is -0.824. The van der Waals surface area contributed by atoms with Crippen molar-refractivity contribution in [2.24, 2.45) is 5.73 Å². The monoisotopic (exact) mass is 274 g/mol. The summed E-state index contributed by atoms with van der Waals surface area (Å²) in [5.74, 6) is 0. The first-order chi connectivity index (χ1) is 8.91. The number of piperazine rings is 1. The molecule has 4 N–H and O–H groups in total. The van der Waals surface area contributed by atoms with Gasteiger partial charge in [0.2, 0.25) is 0 Å². The van der Waals surface area contributed by atoms with E-state index >= 15 is 0 Å². The number of hydrogen-bond donors (Lipinski definition) is 3. The van der Waals surface area contributed by atoms with Crippen molar-refractivity contribution < 1.29 is 13.2 Å². The predicted octanol–water partition coefficient (Wildman–Crippen LogP) is 0.644. The lowest BCUT2D eigenvalue weighted by Gasteiger charge is -2.39. The van der Waals surface area contributed by atoms with Gasteiger partial charge in [0.15, 0.2) is 0 Å². The number of alkyl halides is 3. The van der Waals surface area contributed by atoms with E-state index in [0.29, 0.717) is 19.6 Å². The standard InChI is InChI=1S/C12H17F3N4/c13-12(14,15)8-5-17-6-9(16)10(8)19-4-3-18-11(7-19)1-2-11/h6,17-18H,1-5,7,16H2. The highest BCUT2D eigenvalue weighted by molar-refractivity contribution is 5.39. The van der Waals surface area contributed by atoms with Crippen molar-refractivity contribution in [3.05, 3.63) is 23.2 Å². The van der Waals surface area contributed by atoms with Crippen LogP contribution >= 0.6 is 0 Å². The van der Waals surface area contributed by atoms with Gasteiger partial charge >= 0.3 is 6.18 Å². The molecule has 2 fully saturated rings. The molecule has 19 heavy (non-hydrogen) atoms. The van der Waals surface area contributed by atoms with Crippen molar-refractivity contribution in [1.29, 1.82) is 0 Å². The molecular formula is C12H17F3N4. The quantitative estimate of drug-likeness (QED) is 0.657. The third-order valence-corrected chi connectivity index (χ3v) is 3.98. The Bertz CT molecular complexity index is 448. The molecule has 1 spiro atoms. The molecule has 0 unspecified atom stereocenters. The number of nitrogens with two attached hydrogens (primary N) is 1. The molecule has 0 bridgehead atoms. The third kappa shape index (κ3) is 2.27. The highest BCUT2D eigenvalue weighted by atomic mass is 19.4. The molecule has 1 aliphatic carbocycles. The number of rotatable bonds is 1. The summed E-state index contributed by atoms with van der Waals surface area (Å²) in [7, 11) is 0. The van der Waals surface area contributed by atoms with Gasteiger partial charge < -0.3 is 21.3 Å². The first-order valence-corrected chi connectivity index (χ1v) is 6.41. The van der Waals surface area contributed by atoms with Gasteiger partial charge in [-0.25, -0.2) is 0 Å². The van der Waals surface area contributed by atoms with Crippen LogP contribution in [0.3, 0.4) is 0 Å². The molecule has 4 nitrogen and oxygen atoms in total. The van der Waals surface area contributed by atoms with Crippen LogP contribution in [0.25, 0.3) is 0 Å². The fourth-order valence-corrected chi connectivity index (χ4v) is 2.83. The molecule has 0 radical (unpaired) electrons. The molecule has 2 heterocycles. The molecule has 1 saturated heterocycles. The smallest absolute Gasteiger partial charge is 0.396 e. The Labute approximate surface area is 109 Å². The zero-order chi connectivity index (χ0) is 13.7. The Morgan fingerprint density at radius 3 is 2.68 bits per heavy atom. The fraction of sp³-hybridized carbons (Fsp3) is 0.667. The van der Waals surface area contributed by atoms with Crippen molar-refractivity contribution in [3.8, 4) is 0 Å². The minimum Gasteiger partial charge on any atom is -0.396 e. The van der Waals surface area contributed by atoms with E-state index in [1.165, 1.54) is 6.20 Å². The Morgan fingerprint density at radius 1 is 1.32 bits per heavy atom. The zero-order valence-electron chi connectivity index (χ0n) is 10.5. The van der Waals surface area contributed by atoms with Gasteiger partial charge in [0.05, 0.1) is 17.0 Å². The summed E-state index contributed by atoms with van der Waals surface area (Å²) >= 11 is 0. The number of hydrogen-bond acceptors (Lipinski definition) is 4. The minimum absolute atomic E-state index is 0.0209. The number of nitrogens with zero attached hydrogens (tertiary/aromatic N) is 1. The molecule has 0 aromatic carbocycles. The van der Waals surface area contributed by atoms with Crippen molar-refractivity contribution in [2.75, 3.05) is 26.2 Å². The first-order valence-electron chi connectivity index (χ1n) is 6.41. The van der Waals surface area contributed by atoms with Crippen LogP contribution in [0.5, 0.6) is 0 Å². The lowest BCUT2D eigenvalue weighted by Crippen LogP contribution is -2.53. The molecular weight excluding hydrogens is 257 g/mol. The third-order valence-electron chi connectivity index (χ3n) is 3.98. The second kappa shape index (κ2) is 4.06. The summed E-state index contributed by atoms with van der Waals surface area (Å²) in [4.78, 5) is 1.79. The van der Waals surface area contributed by atoms with Crippen molar-refractivity contribution in [1.82, 2.24) is 15.5 Å². The molecule has 106 valence electrons. The lowest BCUT2D eigenvalue weighted by molar-refractivity contribution is -0.0952. The summed E-state index contributed by atoms with van der Waals surface area (Å²) < 4.78 is 39.3. The van der Waals surface area contributed by atoms with Gasteiger partial charge in [0.1, 0.15) is 0 Å². The summed E-state index contributed by atoms with van der Waals surface area (Å²) in [6.45, 7) is 1.66. The van der Waals surface area contributed by atoms with Crippen LogP contribution in [0.1, 0.15) is 12.8 Å². The van der Waals surface area contributed by atoms with E-state index < -0.39 is 11.7 Å². The van der Waals surface area contributed by atoms with Gasteiger partial charge in [-0.1, -0.05) is 0 Å². The molecule has 3 aliphatic rings. The predicted molar refractivity (Wildman–Crippen MR) is 64.9 cm³/mol. The Kier molecular flexibility index (Phi) is 2.70. The van der Waals surface area contributed by atoms with E-state index in [2.05, 4.69) is 10.6 Å². The molecule has 0 aromatic heterocycles. The van der Waals surface area contributed by atoms with Crippen molar-refractivity contribution in [2.45, 2.75) is 24.6 Å². The minimum atomic E-state index is -4.34. The lowest BCUT2D eigenvalue weighted by atomic mass is 10.0. The van der Waals surface area contributed by atoms with Crippen LogP contribution in [0.15, 0.2) is 23.2 Å². The average Bonchev–Trinajstić information content (AvgIpc) is 3.07. The molecule has 0 atom stereocenters. The average molecular weight is 274 g/mol.